The van der Waals surface area contributed by atoms with Crippen LogP contribution in [0.2, 0.25) is 5.02 Å². The van der Waals surface area contributed by atoms with Crippen LogP contribution < -0.4 is 11.1 Å². The van der Waals surface area contributed by atoms with Crippen molar-refractivity contribution in [1.29, 1.82) is 0 Å². The fourth-order valence-corrected chi connectivity index (χ4v) is 1.55. The lowest BCUT2D eigenvalue weighted by molar-refractivity contribution is 0.148. The zero-order valence-electron chi connectivity index (χ0n) is 10.2. The second-order valence-corrected chi connectivity index (χ2v) is 4.50. The maximum atomic E-state index is 9.69. The quantitative estimate of drug-likeness (QED) is 0.708. The molecule has 1 rings (SSSR count). The number of nitrogen functional groups attached to an aromatic ring is 1. The van der Waals surface area contributed by atoms with Gasteiger partial charge in [0.15, 0.2) is 5.82 Å². The van der Waals surface area contributed by atoms with E-state index in [-0.39, 0.29) is 5.95 Å². The maximum Gasteiger partial charge on any atom is 0.222 e. The van der Waals surface area contributed by atoms with Crippen LogP contribution in [0.3, 0.4) is 0 Å². The lowest BCUT2D eigenvalue weighted by Gasteiger charge is -2.17. The molecule has 1 aromatic rings. The molecule has 0 aliphatic heterocycles. The number of nitrogens with two attached hydrogens (primary N) is 1. The number of aryl methyl sites for hydroxylation is 1. The van der Waals surface area contributed by atoms with Gasteiger partial charge in [0.25, 0.3) is 0 Å². The molecular weight excluding hydrogens is 242 g/mol. The first-order chi connectivity index (χ1) is 7.90. The third-order valence-electron chi connectivity index (χ3n) is 2.12. The van der Waals surface area contributed by atoms with Gasteiger partial charge in [-0.25, -0.2) is 4.98 Å². The highest BCUT2D eigenvalue weighted by Gasteiger charge is 2.10. The number of hydrogen-bond donors (Lipinski definition) is 3. The molecule has 0 aliphatic rings. The first kappa shape index (κ1) is 14.0. The molecular formula is C10H18ClN5O. The molecule has 1 unspecified atom stereocenters. The van der Waals surface area contributed by atoms with Crippen molar-refractivity contribution in [3.63, 3.8) is 0 Å². The molecule has 17 heavy (non-hydrogen) atoms. The molecule has 6 nitrogen and oxygen atoms in total. The van der Waals surface area contributed by atoms with Crippen molar-refractivity contribution in [2.24, 2.45) is 0 Å². The SMILES string of the molecule is Cc1nc(N)nc(NCC(O)CN(C)C)c1Cl. The summed E-state index contributed by atoms with van der Waals surface area (Å²) in [6.07, 6.45) is -0.502. The van der Waals surface area contributed by atoms with Gasteiger partial charge in [-0.3, -0.25) is 0 Å². The largest absolute Gasteiger partial charge is 0.390 e. The van der Waals surface area contributed by atoms with Crippen LogP contribution in [0.15, 0.2) is 0 Å². The van der Waals surface area contributed by atoms with Crippen LogP contribution >= 0.6 is 11.6 Å². The van der Waals surface area contributed by atoms with Gasteiger partial charge < -0.3 is 21.1 Å². The number of hydrogen-bond acceptors (Lipinski definition) is 6. The Morgan fingerprint density at radius 2 is 2.12 bits per heavy atom. The summed E-state index contributed by atoms with van der Waals surface area (Å²) in [7, 11) is 3.78. The van der Waals surface area contributed by atoms with Crippen molar-refractivity contribution in [2.75, 3.05) is 38.2 Å². The number of likely N-dealkylation sites (N-methyl/N-ethyl adjacent to an activating group) is 1. The number of nitrogens with one attached hydrogen (secondary N) is 1. The predicted molar refractivity (Wildman–Crippen MR) is 69.2 cm³/mol. The molecule has 0 aromatic carbocycles. The summed E-state index contributed by atoms with van der Waals surface area (Å²) in [6, 6.07) is 0. The van der Waals surface area contributed by atoms with E-state index in [1.165, 1.54) is 0 Å². The minimum absolute atomic E-state index is 0.163. The van der Waals surface area contributed by atoms with E-state index < -0.39 is 6.10 Å². The first-order valence-electron chi connectivity index (χ1n) is 5.26. The Balaban J connectivity index is 2.63. The molecule has 4 N–H and O–H groups in total. The fraction of sp³-hybridized carbons (Fsp3) is 0.600. The van der Waals surface area contributed by atoms with Crippen molar-refractivity contribution in [3.8, 4) is 0 Å². The zero-order chi connectivity index (χ0) is 13.0. The van der Waals surface area contributed by atoms with Crippen LogP contribution in [0.4, 0.5) is 11.8 Å². The maximum absolute atomic E-state index is 9.69. The van der Waals surface area contributed by atoms with E-state index in [1.807, 2.05) is 19.0 Å². The summed E-state index contributed by atoms with van der Waals surface area (Å²) in [5.74, 6) is 0.617. The lowest BCUT2D eigenvalue weighted by atomic mass is 10.3. The van der Waals surface area contributed by atoms with Gasteiger partial charge in [0, 0.05) is 13.1 Å². The zero-order valence-corrected chi connectivity index (χ0v) is 11.0. The first-order valence-corrected chi connectivity index (χ1v) is 5.64. The Bertz CT molecular complexity index is 385. The molecule has 0 aliphatic carbocycles. The Labute approximate surface area is 106 Å². The average Bonchev–Trinajstić information content (AvgIpc) is 2.20. The number of aliphatic hydroxyl groups excluding tert-OH is 1. The molecule has 0 fully saturated rings. The molecule has 96 valence electrons. The van der Waals surface area contributed by atoms with Crippen LogP contribution in [0, 0.1) is 6.92 Å². The second-order valence-electron chi connectivity index (χ2n) is 4.13. The van der Waals surface area contributed by atoms with Gasteiger partial charge in [-0.15, -0.1) is 0 Å². The molecule has 0 spiro atoms. The summed E-state index contributed by atoms with van der Waals surface area (Å²) in [6.45, 7) is 2.67. The van der Waals surface area contributed by atoms with Gasteiger partial charge in [0.05, 0.1) is 11.8 Å². The smallest absolute Gasteiger partial charge is 0.222 e. The highest BCUT2D eigenvalue weighted by Crippen LogP contribution is 2.22. The van der Waals surface area contributed by atoms with Crippen molar-refractivity contribution >= 4 is 23.4 Å². The summed E-state index contributed by atoms with van der Waals surface area (Å²) >= 11 is 6.02. The Morgan fingerprint density at radius 3 is 2.71 bits per heavy atom. The van der Waals surface area contributed by atoms with Crippen molar-refractivity contribution in [3.05, 3.63) is 10.7 Å². The van der Waals surface area contributed by atoms with E-state index >= 15 is 0 Å². The molecule has 0 saturated heterocycles. The summed E-state index contributed by atoms with van der Waals surface area (Å²) in [5, 5.41) is 13.1. The van der Waals surface area contributed by atoms with Gasteiger partial charge in [0.1, 0.15) is 5.02 Å². The number of nitrogens with zero attached hydrogens (tertiary/aromatic N) is 3. The number of halogens is 1. The van der Waals surface area contributed by atoms with Gasteiger partial charge in [-0.2, -0.15) is 4.98 Å². The van der Waals surface area contributed by atoms with Crippen molar-refractivity contribution in [2.45, 2.75) is 13.0 Å². The second kappa shape index (κ2) is 6.00. The molecule has 0 radical (unpaired) electrons. The van der Waals surface area contributed by atoms with Crippen LogP contribution in [-0.2, 0) is 0 Å². The van der Waals surface area contributed by atoms with E-state index in [4.69, 9.17) is 17.3 Å². The Hall–Kier alpha value is -1.11. The van der Waals surface area contributed by atoms with E-state index in [9.17, 15) is 5.11 Å². The Morgan fingerprint density at radius 1 is 1.47 bits per heavy atom. The monoisotopic (exact) mass is 259 g/mol. The van der Waals surface area contributed by atoms with Crippen LogP contribution in [-0.4, -0.2) is 53.3 Å². The normalized spacial score (nSPS) is 12.8. The summed E-state index contributed by atoms with van der Waals surface area (Å²) < 4.78 is 0. The van der Waals surface area contributed by atoms with Crippen LogP contribution in [0.1, 0.15) is 5.69 Å². The molecule has 1 heterocycles. The van der Waals surface area contributed by atoms with E-state index in [2.05, 4.69) is 15.3 Å². The number of anilines is 2. The highest BCUT2D eigenvalue weighted by atomic mass is 35.5. The van der Waals surface area contributed by atoms with Gasteiger partial charge >= 0.3 is 0 Å². The molecule has 0 amide bonds. The minimum atomic E-state index is -0.502. The van der Waals surface area contributed by atoms with Gasteiger partial charge in [-0.1, -0.05) is 11.6 Å². The topological polar surface area (TPSA) is 87.3 Å². The number of aromatic nitrogens is 2. The van der Waals surface area contributed by atoms with Crippen LogP contribution in [0.5, 0.6) is 0 Å². The van der Waals surface area contributed by atoms with Gasteiger partial charge in [-0.05, 0) is 21.0 Å². The predicted octanol–water partition coefficient (Wildman–Crippen LogP) is 0.355. The standard InChI is InChI=1S/C10H18ClN5O/c1-6-8(11)9(15-10(12)14-6)13-4-7(17)5-16(2)3/h7,17H,4-5H2,1-3H3,(H3,12,13,14,15). The molecule has 7 heteroatoms. The van der Waals surface area contributed by atoms with Crippen molar-refractivity contribution in [1.82, 2.24) is 14.9 Å². The average molecular weight is 260 g/mol. The fourth-order valence-electron chi connectivity index (χ4n) is 1.40. The molecule has 1 aromatic heterocycles. The number of aliphatic hydroxyl groups is 1. The third kappa shape index (κ3) is 4.33. The number of rotatable bonds is 5. The van der Waals surface area contributed by atoms with Crippen molar-refractivity contribution < 1.29 is 5.11 Å². The molecule has 0 saturated carbocycles. The summed E-state index contributed by atoms with van der Waals surface area (Å²) in [5.41, 5.74) is 6.14. The Kier molecular flexibility index (Phi) is 4.92. The third-order valence-corrected chi connectivity index (χ3v) is 2.57. The highest BCUT2D eigenvalue weighted by molar-refractivity contribution is 6.33. The molecule has 0 bridgehead atoms. The van der Waals surface area contributed by atoms with E-state index in [0.29, 0.717) is 29.6 Å². The van der Waals surface area contributed by atoms with Crippen LogP contribution in [0.25, 0.3) is 0 Å². The van der Waals surface area contributed by atoms with E-state index in [1.54, 1.807) is 6.92 Å². The summed E-state index contributed by atoms with van der Waals surface area (Å²) in [4.78, 5) is 9.81. The molecule has 1 atom stereocenters. The van der Waals surface area contributed by atoms with Gasteiger partial charge in [0.2, 0.25) is 5.95 Å². The lowest BCUT2D eigenvalue weighted by Crippen LogP contribution is -2.31. The minimum Gasteiger partial charge on any atom is -0.390 e. The van der Waals surface area contributed by atoms with E-state index in [0.717, 1.165) is 0 Å².